The number of halogens is 1. The zero-order chi connectivity index (χ0) is 11.7. The molecule has 0 heterocycles. The molecule has 0 radical (unpaired) electrons. The van der Waals surface area contributed by atoms with E-state index in [2.05, 4.69) is 27.8 Å². The van der Waals surface area contributed by atoms with Crippen molar-refractivity contribution in [1.82, 2.24) is 0 Å². The van der Waals surface area contributed by atoms with Gasteiger partial charge >= 0.3 is 0 Å². The summed E-state index contributed by atoms with van der Waals surface area (Å²) in [6, 6.07) is 7.34. The largest absolute Gasteiger partial charge is 0.483 e. The molecule has 1 rings (SSSR count). The minimum Gasteiger partial charge on any atom is -0.483 e. The molecule has 80 valence electrons. The normalized spacial score (nSPS) is 8.07. The summed E-state index contributed by atoms with van der Waals surface area (Å²) in [4.78, 5) is 19.2. The van der Waals surface area contributed by atoms with Gasteiger partial charge in [-0.05, 0) is 30.3 Å². The molecule has 0 atom stereocenters. The molecule has 0 aliphatic heterocycles. The fourth-order valence-corrected chi connectivity index (χ4v) is 0.991. The number of rotatable bonds is 2. The van der Waals surface area contributed by atoms with Gasteiger partial charge in [0.15, 0.2) is 0 Å². The second-order valence-electron chi connectivity index (χ2n) is 2.31. The van der Waals surface area contributed by atoms with Crippen molar-refractivity contribution in [3.05, 3.63) is 41.4 Å². The topological polar surface area (TPSA) is 66.4 Å². The van der Waals surface area contributed by atoms with E-state index < -0.39 is 0 Å². The number of nitrogens with one attached hydrogen (secondary N) is 1. The lowest BCUT2D eigenvalue weighted by Crippen LogP contribution is -2.06. The van der Waals surface area contributed by atoms with Crippen molar-refractivity contribution in [3.8, 4) is 0 Å². The van der Waals surface area contributed by atoms with E-state index in [1.54, 1.807) is 0 Å². The Hall–Kier alpha value is -1.62. The van der Waals surface area contributed by atoms with Gasteiger partial charge in [-0.2, -0.15) is 0 Å². The number of carboxylic acid groups (broad SMARTS) is 1. The zero-order valence-electron chi connectivity index (χ0n) is 7.81. The van der Waals surface area contributed by atoms with E-state index in [-0.39, 0.29) is 12.4 Å². The van der Waals surface area contributed by atoms with Gasteiger partial charge in [0.1, 0.15) is 0 Å². The van der Waals surface area contributed by atoms with Crippen LogP contribution >= 0.6 is 15.9 Å². The Morgan fingerprint density at radius 1 is 1.40 bits per heavy atom. The van der Waals surface area contributed by atoms with Gasteiger partial charge in [-0.15, -0.1) is 0 Å². The lowest BCUT2D eigenvalue weighted by Gasteiger charge is -2.00. The molecule has 1 aromatic rings. The van der Waals surface area contributed by atoms with Crippen molar-refractivity contribution in [2.45, 2.75) is 0 Å². The molecule has 5 heteroatoms. The molecule has 1 amide bonds. The summed E-state index contributed by atoms with van der Waals surface area (Å²) in [5.74, 6) is -0.197. The molecule has 0 aliphatic carbocycles. The van der Waals surface area contributed by atoms with Crippen molar-refractivity contribution in [1.29, 1.82) is 0 Å². The van der Waals surface area contributed by atoms with E-state index in [4.69, 9.17) is 9.90 Å². The zero-order valence-corrected chi connectivity index (χ0v) is 9.40. The summed E-state index contributed by atoms with van der Waals surface area (Å²) in [6.07, 6.45) is 1.24. The van der Waals surface area contributed by atoms with Crippen molar-refractivity contribution in [3.63, 3.8) is 0 Å². The predicted octanol–water partition coefficient (Wildman–Crippen LogP) is 2.27. The molecule has 0 unspecified atom stereocenters. The molecular weight excluding hydrogens is 262 g/mol. The molecule has 1 aromatic carbocycles. The number of carbonyl (C=O) groups is 2. The SMILES string of the molecule is C=CC(=O)Nc1ccc(Br)cc1.O=CO. The molecule has 0 bridgehead atoms. The van der Waals surface area contributed by atoms with Crippen molar-refractivity contribution in [2.75, 3.05) is 5.32 Å². The number of carbonyl (C=O) groups excluding carboxylic acids is 1. The van der Waals surface area contributed by atoms with Crippen molar-refractivity contribution >= 4 is 34.0 Å². The van der Waals surface area contributed by atoms with Crippen molar-refractivity contribution < 1.29 is 14.7 Å². The summed E-state index contributed by atoms with van der Waals surface area (Å²) in [5, 5.41) is 9.53. The maximum Gasteiger partial charge on any atom is 0.290 e. The summed E-state index contributed by atoms with van der Waals surface area (Å²) in [7, 11) is 0. The van der Waals surface area contributed by atoms with Crippen LogP contribution in [0.5, 0.6) is 0 Å². The average molecular weight is 272 g/mol. The van der Waals surface area contributed by atoms with Crippen LogP contribution in [0.15, 0.2) is 41.4 Å². The van der Waals surface area contributed by atoms with Crippen LogP contribution in [0.25, 0.3) is 0 Å². The second kappa shape index (κ2) is 7.75. The van der Waals surface area contributed by atoms with Gasteiger partial charge in [0, 0.05) is 10.2 Å². The Labute approximate surface area is 95.7 Å². The number of benzene rings is 1. The van der Waals surface area contributed by atoms with Gasteiger partial charge in [-0.3, -0.25) is 9.59 Å². The number of hydrogen-bond acceptors (Lipinski definition) is 2. The third kappa shape index (κ3) is 6.45. The molecule has 0 saturated carbocycles. The van der Waals surface area contributed by atoms with Crippen LogP contribution in [-0.2, 0) is 9.59 Å². The van der Waals surface area contributed by atoms with Gasteiger partial charge in [0.2, 0.25) is 5.91 Å². The van der Waals surface area contributed by atoms with E-state index in [1.807, 2.05) is 24.3 Å². The van der Waals surface area contributed by atoms with Gasteiger partial charge < -0.3 is 10.4 Å². The van der Waals surface area contributed by atoms with Crippen LogP contribution in [0.1, 0.15) is 0 Å². The number of hydrogen-bond donors (Lipinski definition) is 2. The molecule has 0 saturated heterocycles. The van der Waals surface area contributed by atoms with Crippen LogP contribution in [0.4, 0.5) is 5.69 Å². The van der Waals surface area contributed by atoms with Gasteiger partial charge in [-0.25, -0.2) is 0 Å². The quantitative estimate of drug-likeness (QED) is 0.641. The van der Waals surface area contributed by atoms with E-state index in [1.165, 1.54) is 6.08 Å². The third-order valence-corrected chi connectivity index (χ3v) is 1.83. The van der Waals surface area contributed by atoms with E-state index in [0.717, 1.165) is 10.2 Å². The van der Waals surface area contributed by atoms with Gasteiger partial charge in [0.05, 0.1) is 0 Å². The lowest BCUT2D eigenvalue weighted by atomic mass is 10.3. The second-order valence-corrected chi connectivity index (χ2v) is 3.22. The Bertz CT molecular complexity index is 335. The Kier molecular flexibility index (Phi) is 6.92. The van der Waals surface area contributed by atoms with Crippen LogP contribution in [0, 0.1) is 0 Å². The highest BCUT2D eigenvalue weighted by molar-refractivity contribution is 9.10. The first kappa shape index (κ1) is 13.4. The minimum absolute atomic E-state index is 0.197. The lowest BCUT2D eigenvalue weighted by molar-refractivity contribution is -0.122. The van der Waals surface area contributed by atoms with E-state index in [0.29, 0.717) is 0 Å². The fraction of sp³-hybridized carbons (Fsp3) is 0. The standard InChI is InChI=1S/C9H8BrNO.CH2O2/c1-2-9(12)11-8-5-3-7(10)4-6-8;2-1-3/h2-6H,1H2,(H,11,12);1H,(H,2,3). The monoisotopic (exact) mass is 271 g/mol. The predicted molar refractivity (Wildman–Crippen MR) is 61.7 cm³/mol. The molecule has 0 aromatic heterocycles. The van der Waals surface area contributed by atoms with Crippen LogP contribution in [0.2, 0.25) is 0 Å². The Balaban J connectivity index is 0.000000583. The van der Waals surface area contributed by atoms with Gasteiger partial charge in [0.25, 0.3) is 6.47 Å². The highest BCUT2D eigenvalue weighted by atomic mass is 79.9. The van der Waals surface area contributed by atoms with Crippen LogP contribution in [-0.4, -0.2) is 17.5 Å². The molecule has 15 heavy (non-hydrogen) atoms. The fourth-order valence-electron chi connectivity index (χ4n) is 0.727. The molecule has 0 fully saturated rings. The van der Waals surface area contributed by atoms with Crippen molar-refractivity contribution in [2.24, 2.45) is 0 Å². The maximum absolute atomic E-state index is 10.8. The third-order valence-electron chi connectivity index (χ3n) is 1.30. The Morgan fingerprint density at radius 2 is 1.87 bits per heavy atom. The minimum atomic E-state index is -0.250. The summed E-state index contributed by atoms with van der Waals surface area (Å²) >= 11 is 3.30. The first-order valence-corrected chi connectivity index (χ1v) is 4.70. The first-order chi connectivity index (χ1) is 7.13. The number of amides is 1. The average Bonchev–Trinajstić information content (AvgIpc) is 2.22. The molecule has 0 spiro atoms. The summed E-state index contributed by atoms with van der Waals surface area (Å²) < 4.78 is 0.985. The Morgan fingerprint density at radius 3 is 2.27 bits per heavy atom. The first-order valence-electron chi connectivity index (χ1n) is 3.91. The highest BCUT2D eigenvalue weighted by Gasteiger charge is 1.94. The highest BCUT2D eigenvalue weighted by Crippen LogP contribution is 2.13. The molecule has 2 N–H and O–H groups in total. The van der Waals surface area contributed by atoms with Crippen LogP contribution in [0.3, 0.4) is 0 Å². The number of anilines is 1. The summed E-state index contributed by atoms with van der Waals surface area (Å²) in [6.45, 7) is 3.10. The molecular formula is C10H10BrNO3. The van der Waals surface area contributed by atoms with E-state index in [9.17, 15) is 4.79 Å². The van der Waals surface area contributed by atoms with E-state index >= 15 is 0 Å². The molecule has 0 aliphatic rings. The van der Waals surface area contributed by atoms with Gasteiger partial charge in [-0.1, -0.05) is 22.5 Å². The maximum atomic E-state index is 10.8. The molecule has 4 nitrogen and oxygen atoms in total. The van der Waals surface area contributed by atoms with Crippen LogP contribution < -0.4 is 5.32 Å². The summed E-state index contributed by atoms with van der Waals surface area (Å²) in [5.41, 5.74) is 0.767. The smallest absolute Gasteiger partial charge is 0.290 e.